The van der Waals surface area contributed by atoms with Gasteiger partial charge in [0.15, 0.2) is 0 Å². The van der Waals surface area contributed by atoms with Gasteiger partial charge in [0, 0.05) is 49.6 Å². The van der Waals surface area contributed by atoms with Crippen LogP contribution in [-0.4, -0.2) is 82.7 Å². The number of hydrogen-bond acceptors (Lipinski definition) is 6. The standard InChI is InChI=1S/C33H41FN4O6/c1-33(19-23-20-35-27-14-8-6-12-25(23)27,37-32(43)44-29-15-9-7-13-26(29)34)31(42)38(2)24(18-22-10-4-3-5-11-22)21-36-28(16-17-39)30(40)41/h3-6,8,10-12,14,17,20,24,26,28-29,35-36H,7,9,13,15-16,18-19,21H2,1-2H3,(H,37,43)(H,40,41). The van der Waals surface area contributed by atoms with Gasteiger partial charge in [-0.05, 0) is 49.8 Å². The molecule has 2 amide bonds. The lowest BCUT2D eigenvalue weighted by Crippen LogP contribution is -2.62. The topological polar surface area (TPSA) is 141 Å². The molecule has 5 unspecified atom stereocenters. The quantitative estimate of drug-likeness (QED) is 0.201. The van der Waals surface area contributed by atoms with Gasteiger partial charge in [-0.3, -0.25) is 9.59 Å². The van der Waals surface area contributed by atoms with E-state index in [-0.39, 0.29) is 19.4 Å². The van der Waals surface area contributed by atoms with E-state index in [4.69, 9.17) is 4.74 Å². The van der Waals surface area contributed by atoms with Gasteiger partial charge in [-0.25, -0.2) is 9.18 Å². The molecule has 0 spiro atoms. The van der Waals surface area contributed by atoms with Crippen LogP contribution in [0.4, 0.5) is 9.18 Å². The number of aldehydes is 1. The summed E-state index contributed by atoms with van der Waals surface area (Å²) in [7, 11) is 1.60. The molecule has 4 N–H and O–H groups in total. The number of H-pyrrole nitrogens is 1. The van der Waals surface area contributed by atoms with E-state index >= 15 is 0 Å². The summed E-state index contributed by atoms with van der Waals surface area (Å²) in [5.74, 6) is -1.61. The van der Waals surface area contributed by atoms with E-state index in [9.17, 15) is 28.7 Å². The van der Waals surface area contributed by atoms with Crippen LogP contribution in [0.15, 0.2) is 60.8 Å². The van der Waals surface area contributed by atoms with Crippen molar-refractivity contribution in [3.05, 3.63) is 71.9 Å². The highest BCUT2D eigenvalue weighted by Gasteiger charge is 2.41. The van der Waals surface area contributed by atoms with Crippen molar-refractivity contribution in [1.82, 2.24) is 20.5 Å². The number of rotatable bonds is 14. The van der Waals surface area contributed by atoms with E-state index in [0.717, 1.165) is 34.9 Å². The second kappa shape index (κ2) is 15.0. The molecule has 5 atom stereocenters. The van der Waals surface area contributed by atoms with Crippen molar-refractivity contribution in [3.8, 4) is 0 Å². The first-order valence-corrected chi connectivity index (χ1v) is 15.0. The molecular formula is C33H41FN4O6. The molecule has 1 aromatic heterocycles. The Balaban J connectivity index is 1.62. The van der Waals surface area contributed by atoms with Crippen molar-refractivity contribution in [2.45, 2.75) is 81.8 Å². The number of benzene rings is 2. The van der Waals surface area contributed by atoms with Gasteiger partial charge in [0.2, 0.25) is 5.91 Å². The fourth-order valence-corrected chi connectivity index (χ4v) is 5.84. The molecule has 0 saturated heterocycles. The molecule has 1 aliphatic rings. The highest BCUT2D eigenvalue weighted by molar-refractivity contribution is 5.91. The van der Waals surface area contributed by atoms with Gasteiger partial charge in [0.25, 0.3) is 0 Å². The number of para-hydroxylation sites is 1. The third-order valence-electron chi connectivity index (χ3n) is 8.36. The SMILES string of the molecule is CN(C(=O)C(C)(Cc1c[nH]c2ccccc12)NC(=O)OC1CCCCC1F)C(CNC(CC=O)C(=O)O)Cc1ccccc1. The number of aromatic amines is 1. The maximum atomic E-state index is 14.5. The molecule has 1 saturated carbocycles. The molecule has 4 rings (SSSR count). The number of alkyl carbamates (subject to hydrolysis) is 1. The van der Waals surface area contributed by atoms with Crippen LogP contribution >= 0.6 is 0 Å². The normalized spacial score (nSPS) is 19.3. The number of likely N-dealkylation sites (N-methyl/N-ethyl adjacent to an activating group) is 1. The Kier molecular flexibility index (Phi) is 11.1. The Morgan fingerprint density at radius 2 is 1.84 bits per heavy atom. The summed E-state index contributed by atoms with van der Waals surface area (Å²) < 4.78 is 20.0. The molecule has 44 heavy (non-hydrogen) atoms. The molecule has 1 aliphatic carbocycles. The summed E-state index contributed by atoms with van der Waals surface area (Å²) in [5, 5.41) is 16.2. The van der Waals surface area contributed by atoms with Gasteiger partial charge in [-0.1, -0.05) is 55.0 Å². The third-order valence-corrected chi connectivity index (χ3v) is 8.36. The number of halogens is 1. The molecule has 0 aliphatic heterocycles. The molecule has 2 aromatic carbocycles. The number of carboxylic acids is 1. The van der Waals surface area contributed by atoms with Gasteiger partial charge < -0.3 is 35.2 Å². The molecule has 0 bridgehead atoms. The van der Waals surface area contributed by atoms with E-state index in [2.05, 4.69) is 15.6 Å². The second-order valence-corrected chi connectivity index (χ2v) is 11.7. The number of carboxylic acid groups (broad SMARTS) is 1. The summed E-state index contributed by atoms with van der Waals surface area (Å²) in [6, 6.07) is 15.4. The summed E-state index contributed by atoms with van der Waals surface area (Å²) in [4.78, 5) is 55.2. The molecule has 11 heteroatoms. The minimum absolute atomic E-state index is 0.0706. The Morgan fingerprint density at radius 3 is 2.55 bits per heavy atom. The summed E-state index contributed by atoms with van der Waals surface area (Å²) >= 11 is 0. The Labute approximate surface area is 256 Å². The van der Waals surface area contributed by atoms with E-state index < -0.39 is 47.9 Å². The van der Waals surface area contributed by atoms with Gasteiger partial charge >= 0.3 is 12.1 Å². The average molecular weight is 609 g/mol. The first kappa shape index (κ1) is 32.7. The Morgan fingerprint density at radius 1 is 1.14 bits per heavy atom. The Hall–Kier alpha value is -4.25. The monoisotopic (exact) mass is 608 g/mol. The van der Waals surface area contributed by atoms with Crippen LogP contribution in [0.2, 0.25) is 0 Å². The largest absolute Gasteiger partial charge is 0.480 e. The number of carbonyl (C=O) groups is 4. The average Bonchev–Trinajstić information content (AvgIpc) is 3.41. The van der Waals surface area contributed by atoms with Gasteiger partial charge in [-0.15, -0.1) is 0 Å². The fourth-order valence-electron chi connectivity index (χ4n) is 5.84. The first-order chi connectivity index (χ1) is 21.1. The Bertz CT molecular complexity index is 1430. The second-order valence-electron chi connectivity index (χ2n) is 11.7. The zero-order valence-corrected chi connectivity index (χ0v) is 25.1. The summed E-state index contributed by atoms with van der Waals surface area (Å²) in [5.41, 5.74) is 1.07. The highest BCUT2D eigenvalue weighted by atomic mass is 19.1. The smallest absolute Gasteiger partial charge is 0.408 e. The number of carbonyl (C=O) groups excluding carboxylic acids is 3. The van der Waals surface area contributed by atoms with Gasteiger partial charge in [0.1, 0.15) is 30.1 Å². The molecule has 3 aromatic rings. The number of alkyl halides is 1. The minimum atomic E-state index is -1.51. The fraction of sp³-hybridized carbons (Fsp3) is 0.455. The zero-order valence-electron chi connectivity index (χ0n) is 25.1. The molecule has 0 radical (unpaired) electrons. The number of nitrogens with zero attached hydrogens (tertiary/aromatic N) is 1. The van der Waals surface area contributed by atoms with Crippen LogP contribution in [0.1, 0.15) is 50.2 Å². The van der Waals surface area contributed by atoms with Crippen LogP contribution < -0.4 is 10.6 Å². The van der Waals surface area contributed by atoms with Crippen molar-refractivity contribution < 1.29 is 33.4 Å². The van der Waals surface area contributed by atoms with Crippen molar-refractivity contribution in [2.75, 3.05) is 13.6 Å². The van der Waals surface area contributed by atoms with Crippen LogP contribution in [0.25, 0.3) is 10.9 Å². The zero-order chi connectivity index (χ0) is 31.7. The number of amides is 2. The molecule has 1 heterocycles. The maximum Gasteiger partial charge on any atom is 0.408 e. The summed E-state index contributed by atoms with van der Waals surface area (Å²) in [6.07, 6.45) is 1.79. The molecule has 1 fully saturated rings. The number of fused-ring (bicyclic) bond motifs is 1. The van der Waals surface area contributed by atoms with E-state index in [0.29, 0.717) is 25.5 Å². The molecule has 10 nitrogen and oxygen atoms in total. The van der Waals surface area contributed by atoms with Crippen molar-refractivity contribution in [1.29, 1.82) is 0 Å². The number of aromatic nitrogens is 1. The van der Waals surface area contributed by atoms with E-state index in [1.54, 1.807) is 20.2 Å². The number of aliphatic carboxylic acids is 1. The van der Waals surface area contributed by atoms with E-state index in [1.807, 2.05) is 54.6 Å². The van der Waals surface area contributed by atoms with Crippen LogP contribution in [0, 0.1) is 0 Å². The van der Waals surface area contributed by atoms with Crippen LogP contribution in [-0.2, 0) is 32.0 Å². The predicted molar refractivity (Wildman–Crippen MR) is 164 cm³/mol. The number of ether oxygens (including phenoxy) is 1. The first-order valence-electron chi connectivity index (χ1n) is 15.0. The van der Waals surface area contributed by atoms with Crippen molar-refractivity contribution >= 4 is 35.2 Å². The highest BCUT2D eigenvalue weighted by Crippen LogP contribution is 2.27. The third kappa shape index (κ3) is 8.22. The number of nitrogens with one attached hydrogen (secondary N) is 3. The van der Waals surface area contributed by atoms with Crippen LogP contribution in [0.3, 0.4) is 0 Å². The van der Waals surface area contributed by atoms with Gasteiger partial charge in [0.05, 0.1) is 0 Å². The summed E-state index contributed by atoms with van der Waals surface area (Å²) in [6.45, 7) is 1.68. The maximum absolute atomic E-state index is 14.5. The lowest BCUT2D eigenvalue weighted by Gasteiger charge is -2.38. The lowest BCUT2D eigenvalue weighted by molar-refractivity contribution is -0.140. The predicted octanol–water partition coefficient (Wildman–Crippen LogP) is 4.18. The van der Waals surface area contributed by atoms with E-state index in [1.165, 1.54) is 4.90 Å². The van der Waals surface area contributed by atoms with Crippen molar-refractivity contribution in [3.63, 3.8) is 0 Å². The number of hydrogen-bond donors (Lipinski definition) is 4. The molecule has 236 valence electrons. The minimum Gasteiger partial charge on any atom is -0.480 e. The lowest BCUT2D eigenvalue weighted by atomic mass is 9.90. The van der Waals surface area contributed by atoms with Crippen molar-refractivity contribution in [2.24, 2.45) is 0 Å². The molecular weight excluding hydrogens is 567 g/mol. The van der Waals surface area contributed by atoms with Crippen LogP contribution in [0.5, 0.6) is 0 Å². The van der Waals surface area contributed by atoms with Gasteiger partial charge in [-0.2, -0.15) is 0 Å².